The van der Waals surface area contributed by atoms with Crippen LogP contribution in [0.2, 0.25) is 0 Å². The normalized spacial score (nSPS) is 9.47. The third-order valence-corrected chi connectivity index (χ3v) is 2.45. The van der Waals surface area contributed by atoms with Crippen molar-refractivity contribution in [3.05, 3.63) is 24.3 Å². The van der Waals surface area contributed by atoms with Crippen LogP contribution in [-0.4, -0.2) is 11.8 Å². The summed E-state index contributed by atoms with van der Waals surface area (Å²) in [5.41, 5.74) is 1.30. The number of amides is 2. The maximum Gasteiger partial charge on any atom is 0.238 e. The van der Waals surface area contributed by atoms with Crippen LogP contribution in [0.4, 0.5) is 11.4 Å². The smallest absolute Gasteiger partial charge is 0.238 e. The molecule has 0 bridgehead atoms. The van der Waals surface area contributed by atoms with Crippen molar-refractivity contribution in [1.29, 1.82) is 5.26 Å². The Morgan fingerprint density at radius 1 is 1.11 bits per heavy atom. The van der Waals surface area contributed by atoms with Gasteiger partial charge in [-0.15, -0.1) is 0 Å². The number of nitrogens with one attached hydrogen (secondary N) is 2. The molecule has 0 saturated carbocycles. The molecule has 5 heteroatoms. The molecule has 1 rings (SSSR count). The lowest BCUT2D eigenvalue weighted by molar-refractivity contribution is -0.116. The summed E-state index contributed by atoms with van der Waals surface area (Å²) in [7, 11) is 0. The van der Waals surface area contributed by atoms with E-state index in [1.165, 1.54) is 0 Å². The Kier molecular flexibility index (Phi) is 6.10. The Labute approximate surface area is 112 Å². The molecule has 0 radical (unpaired) electrons. The van der Waals surface area contributed by atoms with E-state index >= 15 is 0 Å². The first-order valence-corrected chi connectivity index (χ1v) is 6.22. The minimum absolute atomic E-state index is 0.0110. The Balaban J connectivity index is 2.50. The van der Waals surface area contributed by atoms with E-state index in [-0.39, 0.29) is 18.2 Å². The van der Waals surface area contributed by atoms with E-state index < -0.39 is 0 Å². The van der Waals surface area contributed by atoms with E-state index in [2.05, 4.69) is 10.6 Å². The van der Waals surface area contributed by atoms with Crippen LogP contribution in [-0.2, 0) is 9.59 Å². The first kappa shape index (κ1) is 14.7. The fourth-order valence-corrected chi connectivity index (χ4v) is 1.47. The van der Waals surface area contributed by atoms with E-state index in [0.717, 1.165) is 12.8 Å². The standard InChI is InChI=1S/C14H17N3O2/c1-2-3-4-13(18)16-11-5-7-12(8-6-11)17-14(19)9-10-15/h5-8H,2-4,9H2,1H3,(H,16,18)(H,17,19). The molecule has 0 atom stereocenters. The van der Waals surface area contributed by atoms with Crippen molar-refractivity contribution in [2.75, 3.05) is 10.6 Å². The van der Waals surface area contributed by atoms with Crippen LogP contribution in [0.15, 0.2) is 24.3 Å². The molecular formula is C14H17N3O2. The van der Waals surface area contributed by atoms with Gasteiger partial charge >= 0.3 is 0 Å². The lowest BCUT2D eigenvalue weighted by Crippen LogP contribution is -2.12. The first-order valence-electron chi connectivity index (χ1n) is 6.22. The number of nitrogens with zero attached hydrogens (tertiary/aromatic N) is 1. The number of rotatable bonds is 6. The molecule has 0 spiro atoms. The number of benzene rings is 1. The average Bonchev–Trinajstić information content (AvgIpc) is 2.39. The van der Waals surface area contributed by atoms with Crippen LogP contribution in [0.5, 0.6) is 0 Å². The van der Waals surface area contributed by atoms with Crippen molar-refractivity contribution in [2.24, 2.45) is 0 Å². The van der Waals surface area contributed by atoms with Crippen molar-refractivity contribution in [2.45, 2.75) is 32.6 Å². The van der Waals surface area contributed by atoms with Crippen LogP contribution in [0.3, 0.4) is 0 Å². The predicted molar refractivity (Wildman–Crippen MR) is 73.5 cm³/mol. The summed E-state index contributed by atoms with van der Waals surface area (Å²) in [6, 6.07) is 8.57. The number of nitriles is 1. The number of anilines is 2. The SMILES string of the molecule is CCCCC(=O)Nc1ccc(NC(=O)CC#N)cc1. The van der Waals surface area contributed by atoms with E-state index in [4.69, 9.17) is 5.26 Å². The highest BCUT2D eigenvalue weighted by Gasteiger charge is 2.03. The molecular weight excluding hydrogens is 242 g/mol. The molecule has 0 fully saturated rings. The number of carbonyl (C=O) groups is 2. The Morgan fingerprint density at radius 2 is 1.63 bits per heavy atom. The molecule has 2 N–H and O–H groups in total. The molecule has 0 aliphatic carbocycles. The number of hydrogen-bond donors (Lipinski definition) is 2. The Bertz CT molecular complexity index is 474. The molecule has 0 heterocycles. The van der Waals surface area contributed by atoms with Gasteiger partial charge in [-0.3, -0.25) is 9.59 Å². The summed E-state index contributed by atoms with van der Waals surface area (Å²) >= 11 is 0. The van der Waals surface area contributed by atoms with Gasteiger partial charge in [-0.2, -0.15) is 5.26 Å². The van der Waals surface area contributed by atoms with Gasteiger partial charge in [-0.25, -0.2) is 0 Å². The van der Waals surface area contributed by atoms with Gasteiger partial charge in [0.25, 0.3) is 0 Å². The van der Waals surface area contributed by atoms with Crippen molar-refractivity contribution < 1.29 is 9.59 Å². The van der Waals surface area contributed by atoms with E-state index in [0.29, 0.717) is 17.8 Å². The zero-order valence-electron chi connectivity index (χ0n) is 10.9. The maximum absolute atomic E-state index is 11.5. The molecule has 0 unspecified atom stereocenters. The summed E-state index contributed by atoms with van der Waals surface area (Å²) in [5, 5.41) is 13.7. The maximum atomic E-state index is 11.5. The minimum atomic E-state index is -0.345. The molecule has 0 aromatic heterocycles. The van der Waals surface area contributed by atoms with Crippen LogP contribution in [0.1, 0.15) is 32.6 Å². The predicted octanol–water partition coefficient (Wildman–Crippen LogP) is 2.67. The molecule has 1 aromatic rings. The second-order valence-electron chi connectivity index (χ2n) is 4.11. The van der Waals surface area contributed by atoms with Crippen molar-refractivity contribution >= 4 is 23.2 Å². The van der Waals surface area contributed by atoms with Crippen molar-refractivity contribution in [1.82, 2.24) is 0 Å². The van der Waals surface area contributed by atoms with Crippen molar-refractivity contribution in [3.8, 4) is 6.07 Å². The topological polar surface area (TPSA) is 82.0 Å². The zero-order chi connectivity index (χ0) is 14.1. The number of hydrogen-bond acceptors (Lipinski definition) is 3. The van der Waals surface area contributed by atoms with Gasteiger partial charge in [0.15, 0.2) is 0 Å². The second-order valence-corrected chi connectivity index (χ2v) is 4.11. The van der Waals surface area contributed by atoms with Gasteiger partial charge in [-0.1, -0.05) is 13.3 Å². The lowest BCUT2D eigenvalue weighted by Gasteiger charge is -2.06. The molecule has 0 aliphatic heterocycles. The molecule has 19 heavy (non-hydrogen) atoms. The van der Waals surface area contributed by atoms with E-state index in [9.17, 15) is 9.59 Å². The summed E-state index contributed by atoms with van der Waals surface area (Å²) in [6.07, 6.45) is 2.19. The molecule has 100 valence electrons. The largest absolute Gasteiger partial charge is 0.326 e. The molecule has 1 aromatic carbocycles. The number of unbranched alkanes of at least 4 members (excludes halogenated alkanes) is 1. The fourth-order valence-electron chi connectivity index (χ4n) is 1.47. The lowest BCUT2D eigenvalue weighted by atomic mass is 10.2. The average molecular weight is 259 g/mol. The van der Waals surface area contributed by atoms with Gasteiger partial charge in [0.1, 0.15) is 6.42 Å². The summed E-state index contributed by atoms with van der Waals surface area (Å²) in [6.45, 7) is 2.03. The Morgan fingerprint density at radius 3 is 2.11 bits per heavy atom. The van der Waals surface area contributed by atoms with E-state index in [1.807, 2.05) is 6.92 Å². The quantitative estimate of drug-likeness (QED) is 0.824. The Hall–Kier alpha value is -2.35. The highest BCUT2D eigenvalue weighted by Crippen LogP contribution is 2.14. The van der Waals surface area contributed by atoms with Crippen LogP contribution >= 0.6 is 0 Å². The third-order valence-electron chi connectivity index (χ3n) is 2.45. The van der Waals surface area contributed by atoms with Gasteiger partial charge in [0, 0.05) is 17.8 Å². The molecule has 2 amide bonds. The fraction of sp³-hybridized carbons (Fsp3) is 0.357. The number of carbonyl (C=O) groups excluding carboxylic acids is 2. The van der Waals surface area contributed by atoms with Crippen molar-refractivity contribution in [3.63, 3.8) is 0 Å². The summed E-state index contributed by atoms with van der Waals surface area (Å²) < 4.78 is 0. The highest BCUT2D eigenvalue weighted by molar-refractivity contribution is 5.93. The van der Waals surface area contributed by atoms with Crippen LogP contribution < -0.4 is 10.6 Å². The van der Waals surface area contributed by atoms with Gasteiger partial charge in [-0.05, 0) is 30.7 Å². The molecule has 0 saturated heterocycles. The molecule has 5 nitrogen and oxygen atoms in total. The van der Waals surface area contributed by atoms with Gasteiger partial charge in [0.2, 0.25) is 11.8 Å². The zero-order valence-corrected chi connectivity index (χ0v) is 10.9. The third kappa shape index (κ3) is 5.68. The molecule has 0 aliphatic rings. The second kappa shape index (κ2) is 7.88. The van der Waals surface area contributed by atoms with Gasteiger partial charge < -0.3 is 10.6 Å². The first-order chi connectivity index (χ1) is 9.15. The highest BCUT2D eigenvalue weighted by atomic mass is 16.2. The van der Waals surface area contributed by atoms with E-state index in [1.54, 1.807) is 30.3 Å². The monoisotopic (exact) mass is 259 g/mol. The van der Waals surface area contributed by atoms with Gasteiger partial charge in [0.05, 0.1) is 6.07 Å². The van der Waals surface area contributed by atoms with Crippen LogP contribution in [0.25, 0.3) is 0 Å². The summed E-state index contributed by atoms with van der Waals surface area (Å²) in [5.74, 6) is -0.356. The van der Waals surface area contributed by atoms with Crippen LogP contribution in [0, 0.1) is 11.3 Å². The summed E-state index contributed by atoms with van der Waals surface area (Å²) in [4.78, 5) is 22.7. The minimum Gasteiger partial charge on any atom is -0.326 e.